The first-order valence-corrected chi connectivity index (χ1v) is 9.70. The zero-order chi connectivity index (χ0) is 20.7. The highest BCUT2D eigenvalue weighted by atomic mass is 35.5. The van der Waals surface area contributed by atoms with E-state index in [1.54, 1.807) is 43.3 Å². The minimum Gasteiger partial charge on any atom is -0.354 e. The molecule has 0 aliphatic heterocycles. The van der Waals surface area contributed by atoms with Crippen molar-refractivity contribution in [2.75, 3.05) is 6.54 Å². The van der Waals surface area contributed by atoms with E-state index in [1.807, 2.05) is 13.8 Å². The lowest BCUT2D eigenvalue weighted by atomic mass is 10.1. The summed E-state index contributed by atoms with van der Waals surface area (Å²) >= 11 is 5.90. The van der Waals surface area contributed by atoms with Crippen LogP contribution in [0.4, 0.5) is 4.39 Å². The van der Waals surface area contributed by atoms with Gasteiger partial charge in [0.05, 0.1) is 6.42 Å². The molecule has 0 heterocycles. The second-order valence-corrected chi connectivity index (χ2v) is 7.70. The summed E-state index contributed by atoms with van der Waals surface area (Å²) in [6.45, 7) is 6.49. The molecule has 0 spiro atoms. The molecule has 1 atom stereocenters. The second kappa shape index (κ2) is 10.2. The zero-order valence-corrected chi connectivity index (χ0v) is 17.2. The Morgan fingerprint density at radius 2 is 1.57 bits per heavy atom. The SMILES string of the molecule is CC(C)CNC(=O)[C@@H](C)N(Cc1ccc(F)cc1)C(=O)Cc1ccc(Cl)cc1. The Bertz CT molecular complexity index is 791. The van der Waals surface area contributed by atoms with Crippen LogP contribution in [-0.4, -0.2) is 29.3 Å². The molecule has 0 aliphatic rings. The molecule has 28 heavy (non-hydrogen) atoms. The van der Waals surface area contributed by atoms with Gasteiger partial charge < -0.3 is 10.2 Å². The van der Waals surface area contributed by atoms with Crippen LogP contribution in [0.25, 0.3) is 0 Å². The van der Waals surface area contributed by atoms with E-state index < -0.39 is 6.04 Å². The average molecular weight is 405 g/mol. The molecule has 1 N–H and O–H groups in total. The standard InChI is InChI=1S/C22H26ClFN2O2/c1-15(2)13-25-22(28)16(3)26(14-18-6-10-20(24)11-7-18)21(27)12-17-4-8-19(23)9-5-17/h4-11,15-16H,12-14H2,1-3H3,(H,25,28)/t16-/m1/s1. The van der Waals surface area contributed by atoms with Gasteiger partial charge >= 0.3 is 0 Å². The van der Waals surface area contributed by atoms with E-state index in [9.17, 15) is 14.0 Å². The summed E-state index contributed by atoms with van der Waals surface area (Å²) in [7, 11) is 0. The number of rotatable bonds is 8. The highest BCUT2D eigenvalue weighted by Crippen LogP contribution is 2.15. The fraction of sp³-hybridized carbons (Fsp3) is 0.364. The maximum atomic E-state index is 13.2. The first kappa shape index (κ1) is 21.9. The number of benzene rings is 2. The number of halogens is 2. The van der Waals surface area contributed by atoms with Crippen LogP contribution >= 0.6 is 11.6 Å². The smallest absolute Gasteiger partial charge is 0.242 e. The van der Waals surface area contributed by atoms with Crippen LogP contribution < -0.4 is 5.32 Å². The van der Waals surface area contributed by atoms with Gasteiger partial charge in [0.1, 0.15) is 11.9 Å². The van der Waals surface area contributed by atoms with Crippen LogP contribution in [-0.2, 0) is 22.6 Å². The second-order valence-electron chi connectivity index (χ2n) is 7.27. The minimum atomic E-state index is -0.649. The van der Waals surface area contributed by atoms with Crippen molar-refractivity contribution in [3.63, 3.8) is 0 Å². The number of carbonyl (C=O) groups is 2. The Labute approximate surface area is 170 Å². The molecule has 0 saturated heterocycles. The third-order valence-corrected chi connectivity index (χ3v) is 4.64. The van der Waals surface area contributed by atoms with E-state index in [1.165, 1.54) is 17.0 Å². The molecule has 0 bridgehead atoms. The lowest BCUT2D eigenvalue weighted by molar-refractivity contribution is -0.140. The van der Waals surface area contributed by atoms with Crippen molar-refractivity contribution >= 4 is 23.4 Å². The fourth-order valence-corrected chi connectivity index (χ4v) is 2.83. The van der Waals surface area contributed by atoms with Crippen LogP contribution in [0.5, 0.6) is 0 Å². The molecule has 4 nitrogen and oxygen atoms in total. The fourth-order valence-electron chi connectivity index (χ4n) is 2.70. The minimum absolute atomic E-state index is 0.153. The number of nitrogens with zero attached hydrogens (tertiary/aromatic N) is 1. The maximum absolute atomic E-state index is 13.2. The van der Waals surface area contributed by atoms with Crippen molar-refractivity contribution < 1.29 is 14.0 Å². The van der Waals surface area contributed by atoms with Crippen molar-refractivity contribution in [3.05, 3.63) is 70.5 Å². The highest BCUT2D eigenvalue weighted by molar-refractivity contribution is 6.30. The molecule has 2 rings (SSSR count). The van der Waals surface area contributed by atoms with E-state index in [4.69, 9.17) is 11.6 Å². The van der Waals surface area contributed by atoms with E-state index in [0.29, 0.717) is 17.5 Å². The molecule has 2 aromatic rings. The Hall–Kier alpha value is -2.40. The number of nitrogens with one attached hydrogen (secondary N) is 1. The lowest BCUT2D eigenvalue weighted by Gasteiger charge is -2.29. The molecular formula is C22H26ClFN2O2. The van der Waals surface area contributed by atoms with Gasteiger partial charge in [0, 0.05) is 18.1 Å². The summed E-state index contributed by atoms with van der Waals surface area (Å²) in [6.07, 6.45) is 0.153. The summed E-state index contributed by atoms with van der Waals surface area (Å²) in [5.74, 6) is -0.420. The molecule has 2 amide bonds. The number of hydrogen-bond donors (Lipinski definition) is 1. The van der Waals surface area contributed by atoms with Crippen LogP contribution in [0, 0.1) is 11.7 Å². The Kier molecular flexibility index (Phi) is 8.00. The molecule has 0 radical (unpaired) electrons. The van der Waals surface area contributed by atoms with Gasteiger partial charge in [0.25, 0.3) is 0 Å². The molecular weight excluding hydrogens is 379 g/mol. The Morgan fingerprint density at radius 1 is 1.00 bits per heavy atom. The molecule has 2 aromatic carbocycles. The van der Waals surface area contributed by atoms with Gasteiger partial charge in [0.15, 0.2) is 0 Å². The Morgan fingerprint density at radius 3 is 2.14 bits per heavy atom. The normalized spacial score (nSPS) is 11.9. The largest absolute Gasteiger partial charge is 0.354 e. The monoisotopic (exact) mass is 404 g/mol. The van der Waals surface area contributed by atoms with Crippen LogP contribution in [0.15, 0.2) is 48.5 Å². The van der Waals surface area contributed by atoms with Crippen molar-refractivity contribution in [2.24, 2.45) is 5.92 Å². The molecule has 6 heteroatoms. The summed E-state index contributed by atoms with van der Waals surface area (Å²) in [6, 6.07) is 12.3. The van der Waals surface area contributed by atoms with E-state index >= 15 is 0 Å². The van der Waals surface area contributed by atoms with Gasteiger partial charge in [-0.15, -0.1) is 0 Å². The van der Waals surface area contributed by atoms with Gasteiger partial charge in [-0.25, -0.2) is 4.39 Å². The van der Waals surface area contributed by atoms with Crippen LogP contribution in [0.2, 0.25) is 5.02 Å². The van der Waals surface area contributed by atoms with Gasteiger partial charge in [-0.3, -0.25) is 9.59 Å². The van der Waals surface area contributed by atoms with Crippen molar-refractivity contribution in [3.8, 4) is 0 Å². The molecule has 0 aromatic heterocycles. The first-order chi connectivity index (χ1) is 13.3. The van der Waals surface area contributed by atoms with E-state index in [-0.39, 0.29) is 30.6 Å². The third kappa shape index (κ3) is 6.64. The quantitative estimate of drug-likeness (QED) is 0.716. The van der Waals surface area contributed by atoms with E-state index in [0.717, 1.165) is 11.1 Å². The summed E-state index contributed by atoms with van der Waals surface area (Å²) < 4.78 is 13.2. The molecule has 0 aliphatic carbocycles. The highest BCUT2D eigenvalue weighted by Gasteiger charge is 2.26. The van der Waals surface area contributed by atoms with Crippen LogP contribution in [0.1, 0.15) is 31.9 Å². The predicted molar refractivity (Wildman–Crippen MR) is 109 cm³/mol. The predicted octanol–water partition coefficient (Wildman–Crippen LogP) is 4.21. The van der Waals surface area contributed by atoms with Crippen molar-refractivity contribution in [1.29, 1.82) is 0 Å². The molecule has 0 fully saturated rings. The lowest BCUT2D eigenvalue weighted by Crippen LogP contribution is -2.48. The summed E-state index contributed by atoms with van der Waals surface area (Å²) in [5.41, 5.74) is 1.57. The number of amides is 2. The van der Waals surface area contributed by atoms with E-state index in [2.05, 4.69) is 5.32 Å². The average Bonchev–Trinajstić information content (AvgIpc) is 2.66. The third-order valence-electron chi connectivity index (χ3n) is 4.39. The van der Waals surface area contributed by atoms with Gasteiger partial charge in [-0.2, -0.15) is 0 Å². The first-order valence-electron chi connectivity index (χ1n) is 9.32. The molecule has 150 valence electrons. The number of hydrogen-bond acceptors (Lipinski definition) is 2. The number of carbonyl (C=O) groups excluding carboxylic acids is 2. The summed E-state index contributed by atoms with van der Waals surface area (Å²) in [5, 5.41) is 3.47. The van der Waals surface area contributed by atoms with Gasteiger partial charge in [-0.1, -0.05) is 49.7 Å². The topological polar surface area (TPSA) is 49.4 Å². The van der Waals surface area contributed by atoms with Crippen molar-refractivity contribution in [2.45, 2.75) is 39.8 Å². The molecule has 0 unspecified atom stereocenters. The Balaban J connectivity index is 2.18. The molecule has 0 saturated carbocycles. The van der Waals surface area contributed by atoms with Crippen LogP contribution in [0.3, 0.4) is 0 Å². The zero-order valence-electron chi connectivity index (χ0n) is 16.4. The van der Waals surface area contributed by atoms with Gasteiger partial charge in [0.2, 0.25) is 11.8 Å². The van der Waals surface area contributed by atoms with Crippen molar-refractivity contribution in [1.82, 2.24) is 10.2 Å². The maximum Gasteiger partial charge on any atom is 0.242 e. The van der Waals surface area contributed by atoms with Gasteiger partial charge in [-0.05, 0) is 48.2 Å². The summed E-state index contributed by atoms with van der Waals surface area (Å²) in [4.78, 5) is 27.1.